The summed E-state index contributed by atoms with van der Waals surface area (Å²) < 4.78 is 7.42. The SMILES string of the molecule is Cc1sc2nc(C[NH+]3CCOCC3)nc(Sc3nnnn3C3CC3)c2c1C. The molecule has 5 rings (SSSR count). The van der Waals surface area contributed by atoms with E-state index in [1.165, 1.54) is 15.3 Å². The number of hydrogen-bond acceptors (Lipinski definition) is 8. The van der Waals surface area contributed by atoms with Crippen LogP contribution in [0.3, 0.4) is 0 Å². The molecule has 10 heteroatoms. The van der Waals surface area contributed by atoms with Crippen LogP contribution in [0, 0.1) is 13.8 Å². The Hall–Kier alpha value is -1.62. The number of tetrazole rings is 1. The fourth-order valence-corrected chi connectivity index (χ4v) is 5.50. The minimum Gasteiger partial charge on any atom is -0.370 e. The second kappa shape index (κ2) is 7.08. The van der Waals surface area contributed by atoms with Crippen LogP contribution >= 0.6 is 23.1 Å². The molecular formula is C17H22N7OS2+. The van der Waals surface area contributed by atoms with Crippen LogP contribution in [0.25, 0.3) is 10.2 Å². The molecule has 0 amide bonds. The predicted molar refractivity (Wildman–Crippen MR) is 102 cm³/mol. The van der Waals surface area contributed by atoms with Crippen LogP contribution in [0.4, 0.5) is 0 Å². The number of thiophene rings is 1. The zero-order chi connectivity index (χ0) is 18.4. The van der Waals surface area contributed by atoms with E-state index in [0.717, 1.165) is 71.9 Å². The molecule has 1 saturated carbocycles. The van der Waals surface area contributed by atoms with E-state index in [2.05, 4.69) is 29.4 Å². The van der Waals surface area contributed by atoms with Crippen LogP contribution in [0.2, 0.25) is 0 Å². The number of rotatable bonds is 5. The summed E-state index contributed by atoms with van der Waals surface area (Å²) >= 11 is 3.32. The topological polar surface area (TPSA) is 83.1 Å². The van der Waals surface area contributed by atoms with Crippen molar-refractivity contribution >= 4 is 33.3 Å². The molecule has 1 aliphatic heterocycles. The summed E-state index contributed by atoms with van der Waals surface area (Å²) in [6.07, 6.45) is 2.31. The first-order valence-electron chi connectivity index (χ1n) is 9.32. The molecule has 27 heavy (non-hydrogen) atoms. The molecule has 0 atom stereocenters. The minimum absolute atomic E-state index is 0.447. The largest absolute Gasteiger partial charge is 0.370 e. The van der Waals surface area contributed by atoms with Crippen molar-refractivity contribution in [1.82, 2.24) is 30.2 Å². The molecule has 0 spiro atoms. The van der Waals surface area contributed by atoms with Crippen LogP contribution in [0.1, 0.15) is 35.1 Å². The molecule has 3 aromatic rings. The summed E-state index contributed by atoms with van der Waals surface area (Å²) in [5.74, 6) is 0.897. The standard InChI is InChI=1S/C17H21N7OS2/c1-10-11(2)26-15-14(10)16(27-17-20-21-22-24(17)12-3-4-12)19-13(18-15)9-23-5-7-25-8-6-23/h12H,3-9H2,1-2H3/p+1. The Morgan fingerprint density at radius 3 is 2.81 bits per heavy atom. The highest BCUT2D eigenvalue weighted by Crippen LogP contribution is 2.40. The van der Waals surface area contributed by atoms with Crippen molar-refractivity contribution in [2.45, 2.75) is 49.5 Å². The molecule has 0 bridgehead atoms. The Kier molecular flexibility index (Phi) is 4.58. The van der Waals surface area contributed by atoms with E-state index in [-0.39, 0.29) is 0 Å². The highest BCUT2D eigenvalue weighted by molar-refractivity contribution is 7.99. The number of ether oxygens (including phenoxy) is 1. The first-order valence-corrected chi connectivity index (χ1v) is 11.0. The van der Waals surface area contributed by atoms with Gasteiger partial charge in [-0.1, -0.05) is 0 Å². The van der Waals surface area contributed by atoms with Crippen LogP contribution in [0.15, 0.2) is 10.2 Å². The molecule has 3 aromatic heterocycles. The van der Waals surface area contributed by atoms with E-state index in [4.69, 9.17) is 14.7 Å². The van der Waals surface area contributed by atoms with Crippen LogP contribution in [-0.2, 0) is 11.3 Å². The second-order valence-corrected chi connectivity index (χ2v) is 9.35. The van der Waals surface area contributed by atoms with E-state index in [0.29, 0.717) is 6.04 Å². The molecule has 1 aliphatic carbocycles. The van der Waals surface area contributed by atoms with Crippen molar-refractivity contribution in [3.05, 3.63) is 16.3 Å². The Balaban J connectivity index is 1.52. The smallest absolute Gasteiger partial charge is 0.215 e. The van der Waals surface area contributed by atoms with Gasteiger partial charge in [-0.15, -0.1) is 16.4 Å². The van der Waals surface area contributed by atoms with Gasteiger partial charge in [-0.2, -0.15) is 0 Å². The molecule has 1 saturated heterocycles. The van der Waals surface area contributed by atoms with Gasteiger partial charge >= 0.3 is 0 Å². The predicted octanol–water partition coefficient (Wildman–Crippen LogP) is 1.20. The first kappa shape index (κ1) is 17.5. The third-order valence-electron chi connectivity index (χ3n) is 5.19. The van der Waals surface area contributed by atoms with Crippen LogP contribution < -0.4 is 4.90 Å². The molecule has 0 radical (unpaired) electrons. The monoisotopic (exact) mass is 404 g/mol. The van der Waals surface area contributed by atoms with E-state index in [1.807, 2.05) is 4.68 Å². The Morgan fingerprint density at radius 2 is 2.04 bits per heavy atom. The van der Waals surface area contributed by atoms with Gasteiger partial charge in [0.25, 0.3) is 0 Å². The lowest BCUT2D eigenvalue weighted by atomic mass is 10.2. The van der Waals surface area contributed by atoms with E-state index >= 15 is 0 Å². The molecule has 0 aromatic carbocycles. The summed E-state index contributed by atoms with van der Waals surface area (Å²) in [6.45, 7) is 8.77. The molecule has 8 nitrogen and oxygen atoms in total. The number of aryl methyl sites for hydroxylation is 2. The number of nitrogens with zero attached hydrogens (tertiary/aromatic N) is 6. The number of morpholine rings is 1. The molecule has 2 aliphatic rings. The zero-order valence-corrected chi connectivity index (χ0v) is 17.1. The van der Waals surface area contributed by atoms with E-state index in [9.17, 15) is 0 Å². The quantitative estimate of drug-likeness (QED) is 0.640. The maximum atomic E-state index is 5.47. The summed E-state index contributed by atoms with van der Waals surface area (Å²) in [7, 11) is 0. The van der Waals surface area contributed by atoms with Crippen molar-refractivity contribution in [1.29, 1.82) is 0 Å². The van der Waals surface area contributed by atoms with Crippen LogP contribution in [-0.4, -0.2) is 56.5 Å². The van der Waals surface area contributed by atoms with Gasteiger partial charge in [0.15, 0.2) is 5.82 Å². The normalized spacial score (nSPS) is 18.4. The Labute approximate surface area is 165 Å². The van der Waals surface area contributed by atoms with E-state index in [1.54, 1.807) is 23.1 Å². The highest BCUT2D eigenvalue weighted by atomic mass is 32.2. The zero-order valence-electron chi connectivity index (χ0n) is 15.4. The van der Waals surface area contributed by atoms with Crippen molar-refractivity contribution < 1.29 is 9.64 Å². The van der Waals surface area contributed by atoms with Gasteiger partial charge in [-0.25, -0.2) is 14.6 Å². The lowest BCUT2D eigenvalue weighted by molar-refractivity contribution is -0.922. The molecule has 4 heterocycles. The first-order chi connectivity index (χ1) is 13.2. The maximum absolute atomic E-state index is 5.47. The average molecular weight is 405 g/mol. The molecule has 2 fully saturated rings. The summed E-state index contributed by atoms with van der Waals surface area (Å²) in [5, 5.41) is 15.3. The average Bonchev–Trinajstić information content (AvgIpc) is 3.34. The molecular weight excluding hydrogens is 382 g/mol. The fraction of sp³-hybridized carbons (Fsp3) is 0.588. The van der Waals surface area contributed by atoms with Crippen molar-refractivity contribution in [2.75, 3.05) is 26.3 Å². The van der Waals surface area contributed by atoms with Gasteiger partial charge < -0.3 is 9.64 Å². The third kappa shape index (κ3) is 3.46. The number of quaternary nitrogens is 1. The van der Waals surface area contributed by atoms with Crippen molar-refractivity contribution in [3.63, 3.8) is 0 Å². The van der Waals surface area contributed by atoms with Crippen molar-refractivity contribution in [3.8, 4) is 0 Å². The lowest BCUT2D eigenvalue weighted by Crippen LogP contribution is -3.12. The van der Waals surface area contributed by atoms with Gasteiger partial charge in [0.2, 0.25) is 5.16 Å². The lowest BCUT2D eigenvalue weighted by Gasteiger charge is -2.23. The minimum atomic E-state index is 0.447. The van der Waals surface area contributed by atoms with Gasteiger partial charge in [0, 0.05) is 10.3 Å². The molecule has 142 valence electrons. The maximum Gasteiger partial charge on any atom is 0.215 e. The Morgan fingerprint density at radius 1 is 1.22 bits per heavy atom. The van der Waals surface area contributed by atoms with Gasteiger partial charge in [0.05, 0.1) is 19.3 Å². The number of hydrogen-bond donors (Lipinski definition) is 1. The van der Waals surface area contributed by atoms with Gasteiger partial charge in [0.1, 0.15) is 29.5 Å². The summed E-state index contributed by atoms with van der Waals surface area (Å²) in [6, 6.07) is 0.447. The third-order valence-corrected chi connectivity index (χ3v) is 7.23. The van der Waals surface area contributed by atoms with Crippen LogP contribution in [0.5, 0.6) is 0 Å². The van der Waals surface area contributed by atoms with Crippen molar-refractivity contribution in [2.24, 2.45) is 0 Å². The molecule has 0 unspecified atom stereocenters. The summed E-state index contributed by atoms with van der Waals surface area (Å²) in [4.78, 5) is 13.7. The number of nitrogens with one attached hydrogen (secondary N) is 1. The number of fused-ring (bicyclic) bond motifs is 1. The summed E-state index contributed by atoms with van der Waals surface area (Å²) in [5.41, 5.74) is 1.26. The molecule has 1 N–H and O–H groups in total. The van der Waals surface area contributed by atoms with Gasteiger partial charge in [-0.3, -0.25) is 0 Å². The second-order valence-electron chi connectivity index (χ2n) is 7.19. The van der Waals surface area contributed by atoms with E-state index < -0.39 is 0 Å². The number of aromatic nitrogens is 6. The highest BCUT2D eigenvalue weighted by Gasteiger charge is 2.29. The van der Waals surface area contributed by atoms with Gasteiger partial charge in [-0.05, 0) is 54.4 Å². The Bertz CT molecular complexity index is 975. The fourth-order valence-electron chi connectivity index (χ4n) is 3.36.